The summed E-state index contributed by atoms with van der Waals surface area (Å²) in [5.41, 5.74) is 3.42. The Morgan fingerprint density at radius 1 is 1.12 bits per heavy atom. The lowest BCUT2D eigenvalue weighted by Crippen LogP contribution is -2.41. The summed E-state index contributed by atoms with van der Waals surface area (Å²) in [6.07, 6.45) is 5.66. The van der Waals surface area contributed by atoms with Crippen LogP contribution in [0.4, 0.5) is 4.79 Å². The molecule has 0 bridgehead atoms. The van der Waals surface area contributed by atoms with Crippen LogP contribution in [-0.2, 0) is 4.74 Å². The zero-order chi connectivity index (χ0) is 22.6. The third-order valence-electron chi connectivity index (χ3n) is 5.71. The van der Waals surface area contributed by atoms with E-state index in [1.165, 1.54) is 4.88 Å². The number of carbonyl (C=O) groups excluding carboxylic acids is 1. The number of amides is 1. The van der Waals surface area contributed by atoms with Crippen molar-refractivity contribution in [3.05, 3.63) is 40.7 Å². The fourth-order valence-corrected chi connectivity index (χ4v) is 5.36. The van der Waals surface area contributed by atoms with E-state index >= 15 is 0 Å². The molecule has 1 aliphatic heterocycles. The number of nitrogens with zero attached hydrogens (tertiary/aromatic N) is 6. The van der Waals surface area contributed by atoms with Crippen molar-refractivity contribution >= 4 is 33.3 Å². The van der Waals surface area contributed by atoms with Crippen LogP contribution in [0.3, 0.4) is 0 Å². The predicted molar refractivity (Wildman–Crippen MR) is 125 cm³/mol. The Morgan fingerprint density at radius 3 is 2.56 bits per heavy atom. The molecule has 0 spiro atoms. The molecule has 0 saturated carbocycles. The number of aromatic nitrogens is 5. The third kappa shape index (κ3) is 3.97. The van der Waals surface area contributed by atoms with Crippen molar-refractivity contribution in [1.82, 2.24) is 29.3 Å². The highest BCUT2D eigenvalue weighted by atomic mass is 32.1. The first-order chi connectivity index (χ1) is 15.2. The molecule has 0 N–H and O–H groups in total. The molecule has 168 valence electrons. The van der Waals surface area contributed by atoms with Crippen molar-refractivity contribution in [1.29, 1.82) is 0 Å². The van der Waals surface area contributed by atoms with E-state index in [0.29, 0.717) is 5.92 Å². The van der Waals surface area contributed by atoms with Crippen molar-refractivity contribution in [3.8, 4) is 5.82 Å². The largest absolute Gasteiger partial charge is 0.444 e. The lowest BCUT2D eigenvalue weighted by atomic mass is 9.95. The molecule has 0 unspecified atom stereocenters. The Morgan fingerprint density at radius 2 is 1.88 bits per heavy atom. The first kappa shape index (κ1) is 20.9. The van der Waals surface area contributed by atoms with Crippen molar-refractivity contribution < 1.29 is 9.53 Å². The number of thiophene rings is 1. The summed E-state index contributed by atoms with van der Waals surface area (Å²) in [5, 5.41) is 9.46. The lowest BCUT2D eigenvalue weighted by Gasteiger charge is -2.33. The number of aryl methyl sites for hydroxylation is 2. The van der Waals surface area contributed by atoms with Gasteiger partial charge in [-0.05, 0) is 71.1 Å². The second kappa shape index (κ2) is 7.58. The maximum Gasteiger partial charge on any atom is 0.410 e. The van der Waals surface area contributed by atoms with Gasteiger partial charge in [0.1, 0.15) is 11.1 Å². The van der Waals surface area contributed by atoms with E-state index in [9.17, 15) is 4.79 Å². The van der Waals surface area contributed by atoms with E-state index in [2.05, 4.69) is 22.3 Å². The Kier molecular flexibility index (Phi) is 4.96. The van der Waals surface area contributed by atoms with E-state index in [1.54, 1.807) is 11.3 Å². The van der Waals surface area contributed by atoms with Gasteiger partial charge in [-0.1, -0.05) is 0 Å². The summed E-state index contributed by atoms with van der Waals surface area (Å²) in [7, 11) is 0. The molecule has 1 amide bonds. The molecule has 0 aliphatic carbocycles. The molecule has 9 heteroatoms. The molecular weight excluding hydrogens is 424 g/mol. The number of piperidine rings is 1. The third-order valence-corrected chi connectivity index (χ3v) is 6.94. The fraction of sp³-hybridized carbons (Fsp3) is 0.478. The van der Waals surface area contributed by atoms with Crippen LogP contribution in [0.2, 0.25) is 0 Å². The Hall–Kier alpha value is -2.94. The predicted octanol–water partition coefficient (Wildman–Crippen LogP) is 4.86. The number of ether oxygens (including phenoxy) is 1. The van der Waals surface area contributed by atoms with E-state index in [-0.39, 0.29) is 6.09 Å². The van der Waals surface area contributed by atoms with E-state index in [1.807, 2.05) is 61.0 Å². The number of hydrogen-bond acceptors (Lipinski definition) is 6. The van der Waals surface area contributed by atoms with Crippen molar-refractivity contribution in [2.75, 3.05) is 13.1 Å². The van der Waals surface area contributed by atoms with Crippen LogP contribution in [0.1, 0.15) is 55.7 Å². The highest BCUT2D eigenvalue weighted by Crippen LogP contribution is 2.36. The van der Waals surface area contributed by atoms with Crippen molar-refractivity contribution in [2.24, 2.45) is 0 Å². The zero-order valence-corrected chi connectivity index (χ0v) is 19.9. The quantitative estimate of drug-likeness (QED) is 0.434. The summed E-state index contributed by atoms with van der Waals surface area (Å²) in [4.78, 5) is 20.0. The monoisotopic (exact) mass is 452 g/mol. The summed E-state index contributed by atoms with van der Waals surface area (Å²) < 4.78 is 10.3. The SMILES string of the molecule is Cc1cn2nc(-n3cc4sc(C5CCN(C(=O)OC(C)(C)C)CC5)cc4n3)cc(C)c2n1. The second-order valence-electron chi connectivity index (χ2n) is 9.55. The van der Waals surface area contributed by atoms with Gasteiger partial charge >= 0.3 is 6.09 Å². The van der Waals surface area contributed by atoms with Gasteiger partial charge in [0.2, 0.25) is 0 Å². The summed E-state index contributed by atoms with van der Waals surface area (Å²) in [6, 6.07) is 4.21. The molecule has 0 atom stereocenters. The van der Waals surface area contributed by atoms with Gasteiger partial charge in [0.25, 0.3) is 0 Å². The van der Waals surface area contributed by atoms with Gasteiger partial charge in [0.05, 0.1) is 22.8 Å². The summed E-state index contributed by atoms with van der Waals surface area (Å²) >= 11 is 1.79. The molecule has 0 radical (unpaired) electrons. The zero-order valence-electron chi connectivity index (χ0n) is 19.1. The number of rotatable bonds is 2. The molecule has 4 aromatic heterocycles. The molecule has 32 heavy (non-hydrogen) atoms. The number of fused-ring (bicyclic) bond motifs is 2. The average Bonchev–Trinajstić information content (AvgIpc) is 3.39. The first-order valence-corrected chi connectivity index (χ1v) is 11.8. The van der Waals surface area contributed by atoms with Gasteiger partial charge in [-0.2, -0.15) is 5.10 Å². The number of hydrogen-bond donors (Lipinski definition) is 0. The van der Waals surface area contributed by atoms with Crippen LogP contribution in [0.25, 0.3) is 21.7 Å². The minimum atomic E-state index is -0.458. The summed E-state index contributed by atoms with van der Waals surface area (Å²) in [5.74, 6) is 1.23. The van der Waals surface area contributed by atoms with Gasteiger partial charge in [-0.15, -0.1) is 16.4 Å². The minimum absolute atomic E-state index is 0.212. The molecule has 4 aromatic rings. The van der Waals surface area contributed by atoms with Crippen LogP contribution in [0, 0.1) is 13.8 Å². The van der Waals surface area contributed by atoms with E-state index in [4.69, 9.17) is 9.84 Å². The van der Waals surface area contributed by atoms with Crippen LogP contribution in [0.5, 0.6) is 0 Å². The smallest absolute Gasteiger partial charge is 0.410 e. The van der Waals surface area contributed by atoms with Crippen LogP contribution in [0.15, 0.2) is 24.5 Å². The van der Waals surface area contributed by atoms with Gasteiger partial charge in [0, 0.05) is 18.0 Å². The molecule has 5 rings (SSSR count). The van der Waals surface area contributed by atoms with Crippen LogP contribution in [-0.4, -0.2) is 54.1 Å². The highest BCUT2D eigenvalue weighted by Gasteiger charge is 2.28. The van der Waals surface area contributed by atoms with Gasteiger partial charge < -0.3 is 9.64 Å². The average molecular weight is 453 g/mol. The second-order valence-corrected chi connectivity index (χ2v) is 10.7. The van der Waals surface area contributed by atoms with E-state index in [0.717, 1.165) is 58.9 Å². The number of likely N-dealkylation sites (tertiary alicyclic amines) is 1. The van der Waals surface area contributed by atoms with Crippen molar-refractivity contribution in [2.45, 2.75) is 59.0 Å². The molecule has 1 fully saturated rings. The van der Waals surface area contributed by atoms with Gasteiger partial charge in [0.15, 0.2) is 11.5 Å². The standard InChI is InChI=1S/C23H28N6O2S/c1-14-10-20(26-29-12-15(2)24-21(14)29)28-13-19-17(25-28)11-18(32-19)16-6-8-27(9-7-16)22(30)31-23(3,4)5/h10-13,16H,6-9H2,1-5H3. The minimum Gasteiger partial charge on any atom is -0.444 e. The summed E-state index contributed by atoms with van der Waals surface area (Å²) in [6.45, 7) is 11.2. The maximum absolute atomic E-state index is 12.3. The molecule has 1 aliphatic rings. The van der Waals surface area contributed by atoms with Gasteiger partial charge in [-0.25, -0.2) is 19.0 Å². The Balaban J connectivity index is 1.31. The number of carbonyl (C=O) groups is 1. The first-order valence-electron chi connectivity index (χ1n) is 11.0. The molecule has 8 nitrogen and oxygen atoms in total. The molecule has 1 saturated heterocycles. The fourth-order valence-electron chi connectivity index (χ4n) is 4.17. The molecular formula is C23H28N6O2S. The van der Waals surface area contributed by atoms with E-state index < -0.39 is 5.60 Å². The van der Waals surface area contributed by atoms with Gasteiger partial charge in [-0.3, -0.25) is 0 Å². The molecule has 5 heterocycles. The highest BCUT2D eigenvalue weighted by molar-refractivity contribution is 7.19. The van der Waals surface area contributed by atoms with Crippen LogP contribution < -0.4 is 0 Å². The molecule has 0 aromatic carbocycles. The Bertz CT molecular complexity index is 1270. The Labute approximate surface area is 190 Å². The topological polar surface area (TPSA) is 77.5 Å². The number of imidazole rings is 1. The normalized spacial score (nSPS) is 15.7. The van der Waals surface area contributed by atoms with Crippen molar-refractivity contribution in [3.63, 3.8) is 0 Å². The lowest BCUT2D eigenvalue weighted by molar-refractivity contribution is 0.0205. The maximum atomic E-state index is 12.3. The van der Waals surface area contributed by atoms with Crippen LogP contribution >= 0.6 is 11.3 Å².